The number of thioether (sulfide) groups is 1. The van der Waals surface area contributed by atoms with E-state index in [0.717, 1.165) is 10.4 Å². The highest BCUT2D eigenvalue weighted by atomic mass is 32.2. The predicted octanol–water partition coefficient (Wildman–Crippen LogP) is 4.17. The number of rotatable bonds is 6. The summed E-state index contributed by atoms with van der Waals surface area (Å²) in [7, 11) is 0. The minimum atomic E-state index is -0.454. The van der Waals surface area contributed by atoms with E-state index in [0.29, 0.717) is 33.3 Å². The van der Waals surface area contributed by atoms with E-state index in [9.17, 15) is 14.4 Å². The number of amides is 2. The van der Waals surface area contributed by atoms with Crippen LogP contribution in [0.2, 0.25) is 0 Å². The largest absolute Gasteiger partial charge is 0.326 e. The maximum Gasteiger partial charge on any atom is 0.263 e. The molecule has 2 N–H and O–H groups in total. The van der Waals surface area contributed by atoms with E-state index in [1.807, 2.05) is 20.8 Å². The summed E-state index contributed by atoms with van der Waals surface area (Å²) < 4.78 is 1.62. The lowest BCUT2D eigenvalue weighted by Gasteiger charge is -2.15. The molecule has 158 valence electrons. The smallest absolute Gasteiger partial charge is 0.263 e. The Morgan fingerprint density at radius 1 is 1.17 bits per heavy atom. The molecular weight excluding hydrogens is 420 g/mol. The van der Waals surface area contributed by atoms with E-state index >= 15 is 0 Å². The van der Waals surface area contributed by atoms with Crippen molar-refractivity contribution < 1.29 is 9.59 Å². The number of nitrogens with zero attached hydrogens (tertiary/aromatic N) is 2. The summed E-state index contributed by atoms with van der Waals surface area (Å²) in [6.45, 7) is 9.53. The number of thiophene rings is 1. The van der Waals surface area contributed by atoms with Crippen LogP contribution in [-0.2, 0) is 16.1 Å². The first-order valence-electron chi connectivity index (χ1n) is 9.57. The lowest BCUT2D eigenvalue weighted by molar-refractivity contribution is -0.115. The third-order valence-corrected chi connectivity index (χ3v) is 6.89. The molecule has 2 aromatic heterocycles. The maximum absolute atomic E-state index is 13.0. The quantitative estimate of drug-likeness (QED) is 0.440. The number of fused-ring (bicyclic) bond motifs is 1. The molecule has 2 heterocycles. The molecule has 1 aromatic carbocycles. The molecule has 0 spiro atoms. The van der Waals surface area contributed by atoms with E-state index in [-0.39, 0.29) is 17.4 Å². The minimum absolute atomic E-state index is 0.0620. The van der Waals surface area contributed by atoms with Crippen LogP contribution in [0.3, 0.4) is 0 Å². The molecule has 3 rings (SSSR count). The van der Waals surface area contributed by atoms with Crippen LogP contribution in [0.5, 0.6) is 0 Å². The first-order valence-corrected chi connectivity index (χ1v) is 11.3. The number of anilines is 2. The Morgan fingerprint density at radius 3 is 2.33 bits per heavy atom. The Labute approximate surface area is 182 Å². The van der Waals surface area contributed by atoms with Crippen molar-refractivity contribution >= 4 is 56.5 Å². The van der Waals surface area contributed by atoms with Gasteiger partial charge in [-0.05, 0) is 57.5 Å². The van der Waals surface area contributed by atoms with Gasteiger partial charge in [0.2, 0.25) is 11.8 Å². The van der Waals surface area contributed by atoms with Gasteiger partial charge in [-0.3, -0.25) is 19.0 Å². The fourth-order valence-corrected chi connectivity index (χ4v) is 5.02. The summed E-state index contributed by atoms with van der Waals surface area (Å²) in [5.74, 6) is -0.345. The highest BCUT2D eigenvalue weighted by Gasteiger charge is 2.21. The molecule has 0 aliphatic heterocycles. The molecule has 30 heavy (non-hydrogen) atoms. The molecule has 0 saturated heterocycles. The molecule has 0 aliphatic carbocycles. The zero-order valence-corrected chi connectivity index (χ0v) is 19.2. The van der Waals surface area contributed by atoms with E-state index in [1.165, 1.54) is 30.0 Å². The number of hydrogen-bond acceptors (Lipinski definition) is 6. The fraction of sp³-hybridized carbons (Fsp3) is 0.333. The molecule has 0 aliphatic rings. The zero-order valence-electron chi connectivity index (χ0n) is 17.5. The van der Waals surface area contributed by atoms with Gasteiger partial charge in [-0.2, -0.15) is 0 Å². The second kappa shape index (κ2) is 9.01. The second-order valence-corrected chi connectivity index (χ2v) is 9.43. The highest BCUT2D eigenvalue weighted by Crippen LogP contribution is 2.30. The van der Waals surface area contributed by atoms with Gasteiger partial charge < -0.3 is 10.6 Å². The summed E-state index contributed by atoms with van der Waals surface area (Å²) in [5, 5.41) is 6.30. The molecule has 1 atom stereocenters. The third-order valence-electron chi connectivity index (χ3n) is 4.69. The van der Waals surface area contributed by atoms with E-state index in [1.54, 1.807) is 35.8 Å². The summed E-state index contributed by atoms with van der Waals surface area (Å²) >= 11 is 2.77. The number of aromatic nitrogens is 2. The van der Waals surface area contributed by atoms with Crippen molar-refractivity contribution in [3.63, 3.8) is 0 Å². The Hall–Kier alpha value is -2.65. The Kier molecular flexibility index (Phi) is 6.62. The van der Waals surface area contributed by atoms with Crippen LogP contribution >= 0.6 is 23.1 Å². The van der Waals surface area contributed by atoms with Crippen molar-refractivity contribution in [2.24, 2.45) is 0 Å². The zero-order chi connectivity index (χ0) is 22.0. The van der Waals surface area contributed by atoms with Crippen LogP contribution in [0.4, 0.5) is 11.4 Å². The van der Waals surface area contributed by atoms with Crippen molar-refractivity contribution in [1.29, 1.82) is 0 Å². The lowest BCUT2D eigenvalue weighted by atomic mass is 10.2. The topological polar surface area (TPSA) is 93.1 Å². The van der Waals surface area contributed by atoms with Crippen LogP contribution in [0.25, 0.3) is 10.2 Å². The molecule has 0 bridgehead atoms. The molecule has 0 fully saturated rings. The van der Waals surface area contributed by atoms with Crippen LogP contribution < -0.4 is 16.2 Å². The molecule has 0 radical (unpaired) electrons. The highest BCUT2D eigenvalue weighted by molar-refractivity contribution is 8.00. The molecule has 9 heteroatoms. The summed E-state index contributed by atoms with van der Waals surface area (Å²) in [4.78, 5) is 43.2. The number of benzene rings is 1. The number of carbonyl (C=O) groups is 2. The van der Waals surface area contributed by atoms with Crippen LogP contribution in [0.15, 0.2) is 34.2 Å². The number of carbonyl (C=O) groups excluding carboxylic acids is 2. The van der Waals surface area contributed by atoms with Crippen molar-refractivity contribution in [1.82, 2.24) is 9.55 Å². The summed E-state index contributed by atoms with van der Waals surface area (Å²) in [6.07, 6.45) is 0. The van der Waals surface area contributed by atoms with Gasteiger partial charge in [-0.25, -0.2) is 4.98 Å². The average molecular weight is 445 g/mol. The predicted molar refractivity (Wildman–Crippen MR) is 124 cm³/mol. The van der Waals surface area contributed by atoms with Gasteiger partial charge in [-0.1, -0.05) is 11.8 Å². The van der Waals surface area contributed by atoms with Gasteiger partial charge in [0.1, 0.15) is 4.83 Å². The summed E-state index contributed by atoms with van der Waals surface area (Å²) in [5.41, 5.74) is 2.20. The van der Waals surface area contributed by atoms with Crippen LogP contribution in [-0.4, -0.2) is 26.6 Å². The van der Waals surface area contributed by atoms with E-state index in [4.69, 9.17) is 0 Å². The lowest BCUT2D eigenvalue weighted by Crippen LogP contribution is -2.26. The van der Waals surface area contributed by atoms with Gasteiger partial charge in [0, 0.05) is 29.7 Å². The van der Waals surface area contributed by atoms with Crippen molar-refractivity contribution in [2.45, 2.75) is 51.6 Å². The standard InChI is InChI=1S/C21H24N4O3S2/c1-6-25-20(28)17-11(2)12(3)29-19(17)24-21(25)30-13(4)18(27)23-16-9-7-15(8-10-16)22-14(5)26/h7-10,13H,6H2,1-5H3,(H,22,26)(H,23,27). The summed E-state index contributed by atoms with van der Waals surface area (Å²) in [6, 6.07) is 6.90. The van der Waals surface area contributed by atoms with Gasteiger partial charge in [-0.15, -0.1) is 11.3 Å². The van der Waals surface area contributed by atoms with Gasteiger partial charge >= 0.3 is 0 Å². The second-order valence-electron chi connectivity index (χ2n) is 6.92. The number of hydrogen-bond donors (Lipinski definition) is 2. The number of nitrogens with one attached hydrogen (secondary N) is 2. The molecule has 7 nitrogen and oxygen atoms in total. The van der Waals surface area contributed by atoms with Crippen molar-refractivity contribution in [3.05, 3.63) is 45.1 Å². The maximum atomic E-state index is 13.0. The molecular formula is C21H24N4O3S2. The minimum Gasteiger partial charge on any atom is -0.326 e. The van der Waals surface area contributed by atoms with Crippen LogP contribution in [0, 0.1) is 13.8 Å². The first kappa shape index (κ1) is 22.0. The molecule has 2 amide bonds. The Morgan fingerprint density at radius 2 is 1.77 bits per heavy atom. The van der Waals surface area contributed by atoms with Crippen molar-refractivity contribution in [3.8, 4) is 0 Å². The fourth-order valence-electron chi connectivity index (χ4n) is 2.97. The molecule has 0 saturated carbocycles. The van der Waals surface area contributed by atoms with Gasteiger partial charge in [0.05, 0.1) is 10.6 Å². The average Bonchev–Trinajstić information content (AvgIpc) is 2.97. The SMILES string of the molecule is CCn1c(SC(C)C(=O)Nc2ccc(NC(C)=O)cc2)nc2sc(C)c(C)c2c1=O. The normalized spacial score (nSPS) is 12.0. The first-order chi connectivity index (χ1) is 14.2. The van der Waals surface area contributed by atoms with Gasteiger partial charge in [0.25, 0.3) is 5.56 Å². The molecule has 3 aromatic rings. The van der Waals surface area contributed by atoms with Crippen molar-refractivity contribution in [2.75, 3.05) is 10.6 Å². The molecule has 1 unspecified atom stereocenters. The monoisotopic (exact) mass is 444 g/mol. The van der Waals surface area contributed by atoms with Gasteiger partial charge in [0.15, 0.2) is 5.16 Å². The Bertz CT molecular complexity index is 1170. The van der Waals surface area contributed by atoms with E-state index in [2.05, 4.69) is 15.6 Å². The third kappa shape index (κ3) is 4.57. The van der Waals surface area contributed by atoms with Crippen LogP contribution in [0.1, 0.15) is 31.2 Å². The van der Waals surface area contributed by atoms with E-state index < -0.39 is 5.25 Å². The Balaban J connectivity index is 1.78. The number of aryl methyl sites for hydroxylation is 2.